The van der Waals surface area contributed by atoms with Gasteiger partial charge in [0, 0.05) is 6.92 Å². The van der Waals surface area contributed by atoms with Crippen molar-refractivity contribution in [1.29, 1.82) is 0 Å². The molecule has 0 unspecified atom stereocenters. The molecule has 0 saturated heterocycles. The highest BCUT2D eigenvalue weighted by Gasteiger charge is 2.24. The molecule has 0 aliphatic rings. The van der Waals surface area contributed by atoms with Crippen molar-refractivity contribution >= 4 is 23.3 Å². The number of rotatable bonds is 3. The van der Waals surface area contributed by atoms with Gasteiger partial charge in [0.15, 0.2) is 0 Å². The summed E-state index contributed by atoms with van der Waals surface area (Å²) in [7, 11) is 0. The number of hydrogen-bond acceptors (Lipinski definition) is 4. The van der Waals surface area contributed by atoms with Gasteiger partial charge in [0.2, 0.25) is 5.91 Å². The summed E-state index contributed by atoms with van der Waals surface area (Å²) in [5, 5.41) is 21.4. The van der Waals surface area contributed by atoms with Gasteiger partial charge in [-0.15, -0.1) is 0 Å². The highest BCUT2D eigenvalue weighted by atomic mass is 19.1. The number of benzene rings is 1. The smallest absolute Gasteiger partial charge is 0.338 e. The number of aromatic carboxylic acids is 1. The molecule has 0 atom stereocenters. The average molecular weight is 242 g/mol. The molecule has 0 aromatic heterocycles. The molecule has 0 fully saturated rings. The number of nitrogens with zero attached hydrogens (tertiary/aromatic N) is 1. The molecule has 1 amide bonds. The van der Waals surface area contributed by atoms with Crippen LogP contribution in [0.2, 0.25) is 0 Å². The fraction of sp³-hybridized carbons (Fsp3) is 0.111. The second-order valence-corrected chi connectivity index (χ2v) is 3.09. The monoisotopic (exact) mass is 242 g/mol. The second-order valence-electron chi connectivity index (χ2n) is 3.09. The van der Waals surface area contributed by atoms with Crippen molar-refractivity contribution in [3.05, 3.63) is 33.6 Å². The molecule has 0 saturated carbocycles. The lowest BCUT2D eigenvalue weighted by Gasteiger charge is -2.07. The summed E-state index contributed by atoms with van der Waals surface area (Å²) in [5.41, 5.74) is -2.01. The molecule has 1 aromatic carbocycles. The average Bonchev–Trinajstić information content (AvgIpc) is 2.18. The Labute approximate surface area is 94.0 Å². The number of amides is 1. The zero-order valence-electron chi connectivity index (χ0n) is 8.56. The highest BCUT2D eigenvalue weighted by molar-refractivity contribution is 6.02. The van der Waals surface area contributed by atoms with E-state index >= 15 is 0 Å². The zero-order chi connectivity index (χ0) is 13.2. The molecular formula is C9H7FN2O5. The van der Waals surface area contributed by atoms with E-state index in [1.165, 1.54) is 0 Å². The standard InChI is InChI=1S/C9H7FN2O5/c1-4(13)11-8-6(9(14)15)2-5(10)3-7(8)12(16)17/h2-3H,1H3,(H,11,13)(H,14,15). The first-order valence-electron chi connectivity index (χ1n) is 4.31. The normalized spacial score (nSPS) is 9.76. The number of carboxylic acids is 1. The Bertz CT molecular complexity index is 479. The van der Waals surface area contributed by atoms with Gasteiger partial charge in [-0.1, -0.05) is 0 Å². The Kier molecular flexibility index (Phi) is 3.37. The Hall–Kier alpha value is -2.51. The minimum absolute atomic E-state index is 0.531. The summed E-state index contributed by atoms with van der Waals surface area (Å²) in [4.78, 5) is 31.3. The molecule has 8 heteroatoms. The molecule has 7 nitrogen and oxygen atoms in total. The van der Waals surface area contributed by atoms with E-state index in [1.807, 2.05) is 5.32 Å². The van der Waals surface area contributed by atoms with Crippen LogP contribution in [0.15, 0.2) is 12.1 Å². The molecule has 0 aliphatic heterocycles. The Morgan fingerprint density at radius 1 is 1.47 bits per heavy atom. The van der Waals surface area contributed by atoms with Gasteiger partial charge < -0.3 is 10.4 Å². The predicted octanol–water partition coefficient (Wildman–Crippen LogP) is 1.39. The van der Waals surface area contributed by atoms with Crippen LogP contribution in [0.3, 0.4) is 0 Å². The van der Waals surface area contributed by atoms with Gasteiger partial charge in [-0.3, -0.25) is 14.9 Å². The summed E-state index contributed by atoms with van der Waals surface area (Å²) in [6.07, 6.45) is 0. The van der Waals surface area contributed by atoms with E-state index in [2.05, 4.69) is 0 Å². The number of carbonyl (C=O) groups is 2. The molecule has 1 aromatic rings. The molecule has 17 heavy (non-hydrogen) atoms. The van der Waals surface area contributed by atoms with E-state index in [4.69, 9.17) is 5.11 Å². The van der Waals surface area contributed by atoms with Gasteiger partial charge in [0.1, 0.15) is 11.5 Å². The third-order valence-corrected chi connectivity index (χ3v) is 1.81. The zero-order valence-corrected chi connectivity index (χ0v) is 8.56. The molecule has 2 N–H and O–H groups in total. The number of nitrogens with one attached hydrogen (secondary N) is 1. The van der Waals surface area contributed by atoms with Crippen LogP contribution in [0.25, 0.3) is 0 Å². The maximum absolute atomic E-state index is 13.0. The van der Waals surface area contributed by atoms with Gasteiger partial charge in [0.05, 0.1) is 16.6 Å². The Morgan fingerprint density at radius 2 is 2.06 bits per heavy atom. The first kappa shape index (κ1) is 12.6. The van der Waals surface area contributed by atoms with Gasteiger partial charge >= 0.3 is 5.97 Å². The number of hydrogen-bond donors (Lipinski definition) is 2. The van der Waals surface area contributed by atoms with E-state index in [0.717, 1.165) is 6.92 Å². The van der Waals surface area contributed by atoms with E-state index in [9.17, 15) is 24.1 Å². The summed E-state index contributed by atoms with van der Waals surface area (Å²) in [6, 6.07) is 1.14. The first-order chi connectivity index (χ1) is 7.82. The summed E-state index contributed by atoms with van der Waals surface area (Å²) in [6.45, 7) is 1.05. The maximum Gasteiger partial charge on any atom is 0.338 e. The molecule has 90 valence electrons. The van der Waals surface area contributed by atoms with Crippen molar-refractivity contribution in [3.63, 3.8) is 0 Å². The molecule has 0 spiro atoms. The van der Waals surface area contributed by atoms with Crippen LogP contribution in [-0.2, 0) is 4.79 Å². The lowest BCUT2D eigenvalue weighted by Crippen LogP contribution is -2.13. The third kappa shape index (κ3) is 2.74. The van der Waals surface area contributed by atoms with Crippen molar-refractivity contribution in [2.45, 2.75) is 6.92 Å². The molecule has 0 bridgehead atoms. The van der Waals surface area contributed by atoms with Crippen molar-refractivity contribution < 1.29 is 24.0 Å². The minimum atomic E-state index is -1.57. The van der Waals surface area contributed by atoms with Crippen LogP contribution >= 0.6 is 0 Å². The number of carbonyl (C=O) groups excluding carboxylic acids is 1. The largest absolute Gasteiger partial charge is 0.478 e. The number of carboxylic acid groups (broad SMARTS) is 1. The molecule has 0 radical (unpaired) electrons. The van der Waals surface area contributed by atoms with Gasteiger partial charge in [-0.05, 0) is 6.07 Å². The van der Waals surface area contributed by atoms with Gasteiger partial charge in [-0.25, -0.2) is 9.18 Å². The second kappa shape index (κ2) is 4.56. The molecule has 0 aliphatic carbocycles. The number of halogens is 1. The summed E-state index contributed by atoms with van der Waals surface area (Å²) in [5.74, 6) is -3.33. The summed E-state index contributed by atoms with van der Waals surface area (Å²) >= 11 is 0. The van der Waals surface area contributed by atoms with Gasteiger partial charge in [-0.2, -0.15) is 0 Å². The minimum Gasteiger partial charge on any atom is -0.478 e. The fourth-order valence-electron chi connectivity index (χ4n) is 1.21. The van der Waals surface area contributed by atoms with Crippen LogP contribution in [0.4, 0.5) is 15.8 Å². The summed E-state index contributed by atoms with van der Waals surface area (Å²) < 4.78 is 13.0. The Morgan fingerprint density at radius 3 is 2.47 bits per heavy atom. The topological polar surface area (TPSA) is 110 Å². The van der Waals surface area contributed by atoms with Crippen molar-refractivity contribution in [3.8, 4) is 0 Å². The predicted molar refractivity (Wildman–Crippen MR) is 54.3 cm³/mol. The van der Waals surface area contributed by atoms with Crippen LogP contribution in [0.5, 0.6) is 0 Å². The SMILES string of the molecule is CC(=O)Nc1c(C(=O)O)cc(F)cc1[N+](=O)[O-]. The highest BCUT2D eigenvalue weighted by Crippen LogP contribution is 2.29. The fourth-order valence-corrected chi connectivity index (χ4v) is 1.21. The van der Waals surface area contributed by atoms with Crippen molar-refractivity contribution in [2.24, 2.45) is 0 Å². The van der Waals surface area contributed by atoms with Crippen LogP contribution in [-0.4, -0.2) is 21.9 Å². The lowest BCUT2D eigenvalue weighted by atomic mass is 10.1. The quantitative estimate of drug-likeness (QED) is 0.614. The van der Waals surface area contributed by atoms with Crippen LogP contribution < -0.4 is 5.32 Å². The number of nitro groups is 1. The first-order valence-corrected chi connectivity index (χ1v) is 4.31. The van der Waals surface area contributed by atoms with E-state index in [0.29, 0.717) is 12.1 Å². The van der Waals surface area contributed by atoms with Crippen LogP contribution in [0, 0.1) is 15.9 Å². The number of nitro benzene ring substituents is 1. The Balaban J connectivity index is 3.52. The van der Waals surface area contributed by atoms with Crippen LogP contribution in [0.1, 0.15) is 17.3 Å². The third-order valence-electron chi connectivity index (χ3n) is 1.81. The van der Waals surface area contributed by atoms with Crippen molar-refractivity contribution in [2.75, 3.05) is 5.32 Å². The van der Waals surface area contributed by atoms with E-state index in [-0.39, 0.29) is 0 Å². The lowest BCUT2D eigenvalue weighted by molar-refractivity contribution is -0.384. The molecule has 1 rings (SSSR count). The maximum atomic E-state index is 13.0. The molecule has 0 heterocycles. The van der Waals surface area contributed by atoms with Crippen molar-refractivity contribution in [1.82, 2.24) is 0 Å². The van der Waals surface area contributed by atoms with Gasteiger partial charge in [0.25, 0.3) is 5.69 Å². The molecular weight excluding hydrogens is 235 g/mol. The number of anilines is 1. The van der Waals surface area contributed by atoms with E-state index in [1.54, 1.807) is 0 Å². The van der Waals surface area contributed by atoms with E-state index < -0.39 is 39.6 Å².